The van der Waals surface area contributed by atoms with Crippen LogP contribution in [0.3, 0.4) is 0 Å². The number of carbonyl (C=O) groups excluding carboxylic acids is 2. The van der Waals surface area contributed by atoms with Crippen LogP contribution in [-0.4, -0.2) is 70.1 Å². The molecule has 2 atom stereocenters. The number of fused-ring (bicyclic) bond motifs is 4. The Kier molecular flexibility index (Phi) is 11.8. The Bertz CT molecular complexity index is 3440. The van der Waals surface area contributed by atoms with Crippen LogP contribution in [0, 0.1) is 13.8 Å². The molecule has 12 rings (SSSR count). The van der Waals surface area contributed by atoms with Gasteiger partial charge in [-0.2, -0.15) is 10.2 Å². The van der Waals surface area contributed by atoms with Crippen molar-refractivity contribution in [1.82, 2.24) is 58.3 Å². The number of hydrogen-bond donors (Lipinski definition) is 4. The number of imidazole rings is 2. The number of rotatable bonds is 8. The molecule has 360 valence electrons. The van der Waals surface area contributed by atoms with Crippen LogP contribution < -0.4 is 22.1 Å². The predicted octanol–water partition coefficient (Wildman–Crippen LogP) is 8.27. The topological polar surface area (TPSA) is 232 Å². The van der Waals surface area contributed by atoms with E-state index in [4.69, 9.17) is 21.4 Å². The number of aromatic nitrogens is 12. The van der Waals surface area contributed by atoms with Crippen molar-refractivity contribution in [2.45, 2.75) is 64.2 Å². The van der Waals surface area contributed by atoms with Gasteiger partial charge in [0.15, 0.2) is 0 Å². The first-order chi connectivity index (χ1) is 35.0. The quantitative estimate of drug-likeness (QED) is 0.113. The molecule has 8 heterocycles. The van der Waals surface area contributed by atoms with E-state index in [0.29, 0.717) is 34.4 Å². The Morgan fingerprint density at radius 1 is 0.569 bits per heavy atom. The molecule has 18 heteroatoms. The van der Waals surface area contributed by atoms with E-state index in [1.807, 2.05) is 111 Å². The predicted molar refractivity (Wildman–Crippen MR) is 276 cm³/mol. The minimum Gasteiger partial charge on any atom is -0.382 e. The van der Waals surface area contributed by atoms with E-state index < -0.39 is 0 Å². The highest BCUT2D eigenvalue weighted by atomic mass is 16.2. The van der Waals surface area contributed by atoms with Crippen molar-refractivity contribution in [3.8, 4) is 22.5 Å². The van der Waals surface area contributed by atoms with Crippen LogP contribution in [0.2, 0.25) is 0 Å². The number of nitrogen functional groups attached to an aromatic ring is 2. The van der Waals surface area contributed by atoms with Gasteiger partial charge in [0.2, 0.25) is 0 Å². The Labute approximate surface area is 414 Å². The molecule has 0 unspecified atom stereocenters. The third-order valence-corrected chi connectivity index (χ3v) is 13.8. The zero-order valence-electron chi connectivity index (χ0n) is 40.3. The molecule has 0 saturated heterocycles. The van der Waals surface area contributed by atoms with E-state index >= 15 is 0 Å². The second-order valence-corrected chi connectivity index (χ2v) is 18.4. The number of pyridine rings is 2. The summed E-state index contributed by atoms with van der Waals surface area (Å²) in [6.45, 7) is 3.91. The van der Waals surface area contributed by atoms with E-state index in [0.717, 1.165) is 94.8 Å². The summed E-state index contributed by atoms with van der Waals surface area (Å²) in [5, 5.41) is 14.7. The van der Waals surface area contributed by atoms with E-state index in [-0.39, 0.29) is 23.7 Å². The number of nitrogens with one attached hydrogen (secondary N) is 2. The number of aryl methyl sites for hydroxylation is 4. The molecule has 72 heavy (non-hydrogen) atoms. The average Bonchev–Trinajstić information content (AvgIpc) is 4.18. The Balaban J connectivity index is 0.000000156. The summed E-state index contributed by atoms with van der Waals surface area (Å²) in [6.07, 6.45) is 20.7. The third-order valence-electron chi connectivity index (χ3n) is 13.8. The second-order valence-electron chi connectivity index (χ2n) is 18.4. The summed E-state index contributed by atoms with van der Waals surface area (Å²) in [6, 6.07) is 22.2. The Hall–Kier alpha value is -9.06. The molecule has 0 aliphatic heterocycles. The monoisotopic (exact) mass is 956 g/mol. The molecule has 2 amide bonds. The van der Waals surface area contributed by atoms with Crippen LogP contribution in [0.4, 0.5) is 23.3 Å². The Morgan fingerprint density at radius 3 is 1.39 bits per heavy atom. The lowest BCUT2D eigenvalue weighted by atomic mass is 9.86. The largest absolute Gasteiger partial charge is 0.382 e. The van der Waals surface area contributed by atoms with Gasteiger partial charge in [-0.1, -0.05) is 24.3 Å². The lowest BCUT2D eigenvalue weighted by Crippen LogP contribution is -2.14. The van der Waals surface area contributed by atoms with Gasteiger partial charge in [0.1, 0.15) is 57.3 Å². The number of carbonyl (C=O) groups is 2. The summed E-state index contributed by atoms with van der Waals surface area (Å²) in [5.74, 6) is 3.54. The van der Waals surface area contributed by atoms with Gasteiger partial charge in [-0.3, -0.25) is 27.8 Å². The van der Waals surface area contributed by atoms with Crippen LogP contribution >= 0.6 is 0 Å². The van der Waals surface area contributed by atoms with Crippen molar-refractivity contribution >= 4 is 46.1 Å². The third kappa shape index (κ3) is 8.45. The van der Waals surface area contributed by atoms with Crippen LogP contribution in [-0.2, 0) is 26.9 Å². The van der Waals surface area contributed by atoms with Gasteiger partial charge in [-0.05, 0) is 112 Å². The molecule has 2 aromatic carbocycles. The summed E-state index contributed by atoms with van der Waals surface area (Å²) in [4.78, 5) is 52.8. The fraction of sp³-hybridized carbons (Fsp3) is 0.222. The SMILES string of the molecule is Cc1ccnc(NC(=O)c2ccc(-c3nc([C@@H]4CCCc5c4cnn5C)n4ccnc(N)c34)cc2)c1.Cc1ccnc(NC(=O)c2ccc(-c3nc([C@H]4CCCc5c4cnn5C)n4ccnc(N)c34)cc2)c1. The van der Waals surface area contributed by atoms with E-state index in [1.54, 1.807) is 49.1 Å². The maximum atomic E-state index is 12.8. The molecule has 0 spiro atoms. The van der Waals surface area contributed by atoms with Crippen molar-refractivity contribution in [2.24, 2.45) is 14.1 Å². The number of benzene rings is 2. The Morgan fingerprint density at radius 2 is 0.986 bits per heavy atom. The van der Waals surface area contributed by atoms with Gasteiger partial charge in [0.05, 0.1) is 12.4 Å². The highest BCUT2D eigenvalue weighted by Crippen LogP contribution is 2.41. The number of hydrogen-bond acceptors (Lipinski definition) is 12. The zero-order valence-corrected chi connectivity index (χ0v) is 40.3. The highest BCUT2D eigenvalue weighted by molar-refractivity contribution is 6.05. The van der Waals surface area contributed by atoms with Gasteiger partial charge < -0.3 is 22.1 Å². The molecule has 0 fully saturated rings. The molecule has 2 aliphatic carbocycles. The average molecular weight is 957 g/mol. The van der Waals surface area contributed by atoms with Crippen LogP contribution in [0.1, 0.15) is 104 Å². The van der Waals surface area contributed by atoms with E-state index in [1.165, 1.54) is 22.5 Å². The van der Waals surface area contributed by atoms with Crippen molar-refractivity contribution in [3.05, 3.63) is 179 Å². The smallest absolute Gasteiger partial charge is 0.256 e. The molecular formula is C54H52N16O2. The normalized spacial score (nSPS) is 15.1. The summed E-state index contributed by atoms with van der Waals surface area (Å²) < 4.78 is 8.03. The summed E-state index contributed by atoms with van der Waals surface area (Å²) >= 11 is 0. The first kappa shape index (κ1) is 45.4. The lowest BCUT2D eigenvalue weighted by molar-refractivity contribution is 0.101. The van der Waals surface area contributed by atoms with Crippen LogP contribution in [0.15, 0.2) is 122 Å². The summed E-state index contributed by atoms with van der Waals surface area (Å²) in [7, 11) is 3.98. The molecule has 0 radical (unpaired) electrons. The maximum absolute atomic E-state index is 12.8. The minimum absolute atomic E-state index is 0.123. The van der Waals surface area contributed by atoms with Crippen molar-refractivity contribution < 1.29 is 9.59 Å². The van der Waals surface area contributed by atoms with E-state index in [2.05, 4.69) is 49.6 Å². The van der Waals surface area contributed by atoms with Crippen molar-refractivity contribution in [3.63, 3.8) is 0 Å². The number of amides is 2. The molecule has 6 N–H and O–H groups in total. The molecule has 10 aromatic rings. The fourth-order valence-electron chi connectivity index (χ4n) is 10.2. The lowest BCUT2D eigenvalue weighted by Gasteiger charge is -2.21. The number of nitrogens with zero attached hydrogens (tertiary/aromatic N) is 12. The molecule has 18 nitrogen and oxygen atoms in total. The van der Waals surface area contributed by atoms with Crippen LogP contribution in [0.25, 0.3) is 33.5 Å². The number of nitrogens with two attached hydrogens (primary N) is 2. The van der Waals surface area contributed by atoms with Crippen molar-refractivity contribution in [1.29, 1.82) is 0 Å². The van der Waals surface area contributed by atoms with Crippen molar-refractivity contribution in [2.75, 3.05) is 22.1 Å². The zero-order chi connectivity index (χ0) is 49.6. The molecular weight excluding hydrogens is 905 g/mol. The highest BCUT2D eigenvalue weighted by Gasteiger charge is 2.32. The van der Waals surface area contributed by atoms with E-state index in [9.17, 15) is 9.59 Å². The molecule has 8 aromatic heterocycles. The molecule has 0 saturated carbocycles. The molecule has 2 aliphatic rings. The second kappa shape index (κ2) is 18.7. The molecule has 0 bridgehead atoms. The van der Waals surface area contributed by atoms with Crippen LogP contribution in [0.5, 0.6) is 0 Å². The van der Waals surface area contributed by atoms with Gasteiger partial charge in [0, 0.05) is 108 Å². The first-order valence-corrected chi connectivity index (χ1v) is 23.9. The minimum atomic E-state index is -0.220. The van der Waals surface area contributed by atoms with Gasteiger partial charge in [0.25, 0.3) is 11.8 Å². The summed E-state index contributed by atoms with van der Waals surface area (Å²) in [5.41, 5.74) is 25.5. The fourth-order valence-corrected chi connectivity index (χ4v) is 10.2. The van der Waals surface area contributed by atoms with Gasteiger partial charge in [-0.25, -0.2) is 29.9 Å². The van der Waals surface area contributed by atoms with Gasteiger partial charge >= 0.3 is 0 Å². The number of anilines is 4. The maximum Gasteiger partial charge on any atom is 0.256 e. The first-order valence-electron chi connectivity index (χ1n) is 23.9. The standard InChI is InChI=1S/2C27H26N8O/c2*1-16-10-11-29-22(14-16)32-27(36)18-8-6-17(7-9-18)23-24-25(28)30-12-13-35(24)26(33-23)19-4-3-5-21-20(19)15-31-34(21)2/h2*6-15,19H,3-5H2,1-2H3,(H2,28,30)(H,29,32,36)/t2*19-/m10/s1. The van der Waals surface area contributed by atoms with Gasteiger partial charge in [-0.15, -0.1) is 0 Å².